The molecule has 0 saturated heterocycles. The maximum absolute atomic E-state index is 4.53. The van der Waals surface area contributed by atoms with Crippen molar-refractivity contribution in [2.45, 2.75) is 6.92 Å². The Morgan fingerprint density at radius 1 is 1.18 bits per heavy atom. The summed E-state index contributed by atoms with van der Waals surface area (Å²) in [5.74, 6) is 0. The first kappa shape index (κ1) is 10.5. The number of fused-ring (bicyclic) bond motifs is 1. The smallest absolute Gasteiger partial charge is 0.163 e. The van der Waals surface area contributed by atoms with Crippen LogP contribution in [0, 0.1) is 6.92 Å². The molecule has 3 rings (SSSR count). The van der Waals surface area contributed by atoms with Gasteiger partial charge in [-0.3, -0.25) is 0 Å². The van der Waals surface area contributed by atoms with Crippen LogP contribution in [0.1, 0.15) is 5.69 Å². The van der Waals surface area contributed by atoms with Gasteiger partial charge < -0.3 is 0 Å². The highest BCUT2D eigenvalue weighted by Crippen LogP contribution is 2.22. The normalized spacial score (nSPS) is 10.9. The summed E-state index contributed by atoms with van der Waals surface area (Å²) in [7, 11) is 0. The Labute approximate surface area is 107 Å². The van der Waals surface area contributed by atoms with E-state index in [2.05, 4.69) is 26.0 Å². The molecular weight excluding hydrogens is 278 g/mol. The molecule has 84 valence electrons. The number of pyridine rings is 1. The first-order valence-electron chi connectivity index (χ1n) is 5.32. The second-order valence-corrected chi connectivity index (χ2v) is 4.77. The molecule has 0 saturated carbocycles. The molecule has 0 aliphatic carbocycles. The number of hydrogen-bond acceptors (Lipinski definition) is 2. The highest BCUT2D eigenvalue weighted by molar-refractivity contribution is 9.10. The zero-order valence-corrected chi connectivity index (χ0v) is 10.8. The average Bonchev–Trinajstić information content (AvgIpc) is 2.68. The van der Waals surface area contributed by atoms with Crippen molar-refractivity contribution in [2.24, 2.45) is 0 Å². The third-order valence-electron chi connectivity index (χ3n) is 2.67. The van der Waals surface area contributed by atoms with E-state index in [4.69, 9.17) is 0 Å². The molecule has 0 bridgehead atoms. The van der Waals surface area contributed by atoms with Gasteiger partial charge >= 0.3 is 0 Å². The molecule has 0 aliphatic rings. The lowest BCUT2D eigenvalue weighted by atomic mass is 10.3. The largest absolute Gasteiger partial charge is 0.235 e. The molecule has 0 radical (unpaired) electrons. The van der Waals surface area contributed by atoms with E-state index >= 15 is 0 Å². The van der Waals surface area contributed by atoms with E-state index in [0.29, 0.717) is 0 Å². The number of aryl methyl sites for hydroxylation is 1. The topological polar surface area (TPSA) is 30.7 Å². The van der Waals surface area contributed by atoms with Crippen LogP contribution in [-0.2, 0) is 0 Å². The Bertz CT molecular complexity index is 674. The van der Waals surface area contributed by atoms with Gasteiger partial charge in [0.15, 0.2) is 5.65 Å². The molecule has 2 heterocycles. The van der Waals surface area contributed by atoms with Gasteiger partial charge in [0.05, 0.1) is 11.4 Å². The molecular formula is C13H10BrN3. The molecule has 0 spiro atoms. The van der Waals surface area contributed by atoms with Gasteiger partial charge in [0.1, 0.15) is 0 Å². The number of hydrogen-bond donors (Lipinski definition) is 0. The number of halogens is 1. The zero-order chi connectivity index (χ0) is 11.8. The molecule has 1 aromatic carbocycles. The predicted molar refractivity (Wildman–Crippen MR) is 71.3 cm³/mol. The lowest BCUT2D eigenvalue weighted by molar-refractivity contribution is 0.877. The number of para-hydroxylation sites is 1. The molecule has 0 atom stereocenters. The fraction of sp³-hybridized carbons (Fsp3) is 0.0769. The lowest BCUT2D eigenvalue weighted by Crippen LogP contribution is -1.97. The third-order valence-corrected chi connectivity index (χ3v) is 3.11. The molecule has 0 fully saturated rings. The Hall–Kier alpha value is -1.68. The Balaban J connectivity index is 2.32. The molecule has 0 amide bonds. The number of rotatable bonds is 1. The molecule has 2 aromatic heterocycles. The van der Waals surface area contributed by atoms with Crippen molar-refractivity contribution in [1.82, 2.24) is 14.8 Å². The summed E-state index contributed by atoms with van der Waals surface area (Å²) in [5.41, 5.74) is 2.90. The first-order valence-corrected chi connectivity index (χ1v) is 6.11. The molecule has 17 heavy (non-hydrogen) atoms. The van der Waals surface area contributed by atoms with E-state index in [9.17, 15) is 0 Å². The number of benzene rings is 1. The molecule has 0 unspecified atom stereocenters. The summed E-state index contributed by atoms with van der Waals surface area (Å²) in [5, 5.41) is 5.61. The number of aromatic nitrogens is 3. The minimum Gasteiger partial charge on any atom is -0.235 e. The van der Waals surface area contributed by atoms with Crippen LogP contribution in [-0.4, -0.2) is 14.8 Å². The van der Waals surface area contributed by atoms with Gasteiger partial charge in [-0.25, -0.2) is 9.67 Å². The predicted octanol–water partition coefficient (Wildman–Crippen LogP) is 3.49. The quantitative estimate of drug-likeness (QED) is 0.686. The Kier molecular flexibility index (Phi) is 2.44. The van der Waals surface area contributed by atoms with E-state index in [1.807, 2.05) is 48.0 Å². The second-order valence-electron chi connectivity index (χ2n) is 3.86. The van der Waals surface area contributed by atoms with E-state index in [1.165, 1.54) is 0 Å². The van der Waals surface area contributed by atoms with Crippen molar-refractivity contribution in [3.05, 3.63) is 52.8 Å². The van der Waals surface area contributed by atoms with Crippen LogP contribution < -0.4 is 0 Å². The maximum atomic E-state index is 4.53. The monoisotopic (exact) mass is 287 g/mol. The second kappa shape index (κ2) is 3.96. The fourth-order valence-electron chi connectivity index (χ4n) is 1.87. The van der Waals surface area contributed by atoms with E-state index < -0.39 is 0 Å². The lowest BCUT2D eigenvalue weighted by Gasteiger charge is -2.01. The molecule has 0 N–H and O–H groups in total. The van der Waals surface area contributed by atoms with Gasteiger partial charge in [-0.15, -0.1) is 0 Å². The van der Waals surface area contributed by atoms with Crippen LogP contribution in [0.25, 0.3) is 16.7 Å². The summed E-state index contributed by atoms with van der Waals surface area (Å²) in [6.45, 7) is 2.00. The fourth-order valence-corrected chi connectivity index (χ4v) is 2.20. The molecule has 0 aliphatic heterocycles. The van der Waals surface area contributed by atoms with Crippen molar-refractivity contribution in [3.8, 4) is 5.69 Å². The van der Waals surface area contributed by atoms with Crippen LogP contribution in [0.4, 0.5) is 0 Å². The van der Waals surface area contributed by atoms with Gasteiger partial charge in [-0.1, -0.05) is 18.2 Å². The highest BCUT2D eigenvalue weighted by Gasteiger charge is 2.09. The molecule has 4 heteroatoms. The van der Waals surface area contributed by atoms with Crippen LogP contribution in [0.2, 0.25) is 0 Å². The average molecular weight is 288 g/mol. The van der Waals surface area contributed by atoms with Gasteiger partial charge in [0.25, 0.3) is 0 Å². The summed E-state index contributed by atoms with van der Waals surface area (Å²) in [6.07, 6.45) is 1.79. The van der Waals surface area contributed by atoms with Crippen molar-refractivity contribution in [2.75, 3.05) is 0 Å². The number of nitrogens with zero attached hydrogens (tertiary/aromatic N) is 3. The molecule has 3 aromatic rings. The van der Waals surface area contributed by atoms with Crippen molar-refractivity contribution < 1.29 is 0 Å². The highest BCUT2D eigenvalue weighted by atomic mass is 79.9. The van der Waals surface area contributed by atoms with Gasteiger partial charge in [-0.2, -0.15) is 5.10 Å². The Morgan fingerprint density at radius 3 is 2.71 bits per heavy atom. The van der Waals surface area contributed by atoms with E-state index in [1.54, 1.807) is 6.20 Å². The minimum absolute atomic E-state index is 0.886. The summed E-state index contributed by atoms with van der Waals surface area (Å²) in [4.78, 5) is 4.43. The molecule has 3 nitrogen and oxygen atoms in total. The maximum Gasteiger partial charge on any atom is 0.163 e. The van der Waals surface area contributed by atoms with Crippen molar-refractivity contribution in [3.63, 3.8) is 0 Å². The Morgan fingerprint density at radius 2 is 1.94 bits per heavy atom. The third kappa shape index (κ3) is 1.74. The van der Waals surface area contributed by atoms with Crippen molar-refractivity contribution in [1.29, 1.82) is 0 Å². The zero-order valence-electron chi connectivity index (χ0n) is 9.26. The van der Waals surface area contributed by atoms with Crippen LogP contribution >= 0.6 is 15.9 Å². The summed E-state index contributed by atoms with van der Waals surface area (Å²) in [6, 6.07) is 12.1. The van der Waals surface area contributed by atoms with Crippen LogP contribution in [0.5, 0.6) is 0 Å². The van der Waals surface area contributed by atoms with Crippen LogP contribution in [0.15, 0.2) is 47.1 Å². The summed E-state index contributed by atoms with van der Waals surface area (Å²) < 4.78 is 2.85. The van der Waals surface area contributed by atoms with E-state index in [0.717, 1.165) is 26.9 Å². The van der Waals surface area contributed by atoms with Gasteiger partial charge in [0, 0.05) is 16.1 Å². The van der Waals surface area contributed by atoms with Gasteiger partial charge in [-0.05, 0) is 41.1 Å². The van der Waals surface area contributed by atoms with E-state index in [-0.39, 0.29) is 0 Å². The first-order chi connectivity index (χ1) is 8.25. The van der Waals surface area contributed by atoms with Crippen molar-refractivity contribution >= 4 is 27.0 Å². The summed E-state index contributed by atoms with van der Waals surface area (Å²) >= 11 is 3.43. The van der Waals surface area contributed by atoms with Crippen LogP contribution in [0.3, 0.4) is 0 Å². The standard InChI is InChI=1S/C13H10BrN3/c1-9-12-7-10(14)8-15-13(12)17(16-9)11-5-3-2-4-6-11/h2-8H,1H3. The minimum atomic E-state index is 0.886. The SMILES string of the molecule is Cc1nn(-c2ccccc2)c2ncc(Br)cc12. The van der Waals surface area contributed by atoms with Gasteiger partial charge in [0.2, 0.25) is 0 Å².